The predicted molar refractivity (Wildman–Crippen MR) is 78.3 cm³/mol. The van der Waals surface area contributed by atoms with Gasteiger partial charge in [0.15, 0.2) is 0 Å². The number of nitrogens with one attached hydrogen (secondary N) is 1. The Hall–Kier alpha value is -0.0800. The smallest absolute Gasteiger partial charge is 0.112 e. The number of aliphatic hydroxyl groups is 1. The van der Waals surface area contributed by atoms with E-state index in [1.165, 1.54) is 70.6 Å². The van der Waals surface area contributed by atoms with Gasteiger partial charge in [-0.05, 0) is 38.5 Å². The van der Waals surface area contributed by atoms with E-state index in [0.717, 1.165) is 12.0 Å². The molecule has 2 heteroatoms. The van der Waals surface area contributed by atoms with Gasteiger partial charge in [0.1, 0.15) is 11.6 Å². The first kappa shape index (κ1) is 13.9. The predicted octanol–water partition coefficient (Wildman–Crippen LogP) is 2.31. The Labute approximate surface area is 118 Å². The number of rotatable bonds is 4. The van der Waals surface area contributed by atoms with Gasteiger partial charge in [-0.25, -0.2) is 0 Å². The zero-order chi connectivity index (χ0) is 13.3. The standard InChI is InChI=1S/C17H31NO/c1-2-3-7-15-9-8-14-6-4-5-11-17(14)12-10-16(13-19)18(15)17/h14-16,19H,2-13H2,1H3/p+1/t14-,15+,16-,17-/m0/s1. The highest BCUT2D eigenvalue weighted by Crippen LogP contribution is 2.43. The Morgan fingerprint density at radius 1 is 1.05 bits per heavy atom. The van der Waals surface area contributed by atoms with Gasteiger partial charge >= 0.3 is 0 Å². The fourth-order valence-electron chi connectivity index (χ4n) is 5.82. The molecule has 0 aromatic heterocycles. The third-order valence-corrected chi connectivity index (χ3v) is 6.59. The summed E-state index contributed by atoms with van der Waals surface area (Å²) in [6, 6.07) is 1.41. The molecule has 2 nitrogen and oxygen atoms in total. The molecule has 3 aliphatic rings. The molecule has 3 rings (SSSR count). The minimum absolute atomic E-state index is 0.423. The Morgan fingerprint density at radius 3 is 2.74 bits per heavy atom. The molecule has 0 radical (unpaired) electrons. The third kappa shape index (κ3) is 2.25. The van der Waals surface area contributed by atoms with Crippen molar-refractivity contribution < 1.29 is 10.0 Å². The molecule has 2 heterocycles. The van der Waals surface area contributed by atoms with E-state index in [2.05, 4.69) is 6.92 Å². The highest BCUT2D eigenvalue weighted by atomic mass is 16.3. The second kappa shape index (κ2) is 5.73. The fraction of sp³-hybridized carbons (Fsp3) is 1.00. The van der Waals surface area contributed by atoms with Crippen LogP contribution in [0.1, 0.15) is 77.6 Å². The lowest BCUT2D eigenvalue weighted by Gasteiger charge is -2.53. The first-order chi connectivity index (χ1) is 9.31. The third-order valence-electron chi connectivity index (χ3n) is 6.59. The maximum atomic E-state index is 9.81. The summed E-state index contributed by atoms with van der Waals surface area (Å²) in [6.07, 6.45) is 15.5. The van der Waals surface area contributed by atoms with Crippen LogP contribution < -0.4 is 4.90 Å². The summed E-state index contributed by atoms with van der Waals surface area (Å²) < 4.78 is 0. The van der Waals surface area contributed by atoms with Crippen LogP contribution in [0.3, 0.4) is 0 Å². The highest BCUT2D eigenvalue weighted by Gasteiger charge is 2.59. The lowest BCUT2D eigenvalue weighted by molar-refractivity contribution is -0.996. The molecule has 1 spiro atoms. The maximum absolute atomic E-state index is 9.81. The molecule has 1 saturated carbocycles. The molecule has 2 saturated heterocycles. The highest BCUT2D eigenvalue weighted by molar-refractivity contribution is 4.98. The van der Waals surface area contributed by atoms with Crippen LogP contribution in [-0.2, 0) is 0 Å². The van der Waals surface area contributed by atoms with Crippen LogP contribution in [-0.4, -0.2) is 29.3 Å². The maximum Gasteiger partial charge on any atom is 0.112 e. The Morgan fingerprint density at radius 2 is 1.95 bits per heavy atom. The second-order valence-electron chi connectivity index (χ2n) is 7.39. The van der Waals surface area contributed by atoms with E-state index in [4.69, 9.17) is 0 Å². The van der Waals surface area contributed by atoms with E-state index in [9.17, 15) is 5.11 Å². The van der Waals surface area contributed by atoms with Crippen molar-refractivity contribution in [3.8, 4) is 0 Å². The van der Waals surface area contributed by atoms with E-state index in [1.807, 2.05) is 4.90 Å². The molecular formula is C17H32NO+. The van der Waals surface area contributed by atoms with Crippen molar-refractivity contribution >= 4 is 0 Å². The van der Waals surface area contributed by atoms with Gasteiger partial charge in [0.05, 0.1) is 12.6 Å². The van der Waals surface area contributed by atoms with Gasteiger partial charge in [-0.3, -0.25) is 0 Å². The minimum atomic E-state index is 0.423. The monoisotopic (exact) mass is 266 g/mol. The number of unbranched alkanes of at least 4 members (excludes halogenated alkanes) is 1. The summed E-state index contributed by atoms with van der Waals surface area (Å²) in [4.78, 5) is 1.86. The number of aliphatic hydroxyl groups excluding tert-OH is 1. The van der Waals surface area contributed by atoms with E-state index in [0.29, 0.717) is 18.2 Å². The van der Waals surface area contributed by atoms with Crippen LogP contribution in [0.15, 0.2) is 0 Å². The van der Waals surface area contributed by atoms with Gasteiger partial charge in [-0.15, -0.1) is 0 Å². The zero-order valence-corrected chi connectivity index (χ0v) is 12.7. The average molecular weight is 266 g/mol. The van der Waals surface area contributed by atoms with Crippen molar-refractivity contribution in [2.75, 3.05) is 6.61 Å². The lowest BCUT2D eigenvalue weighted by Crippen LogP contribution is -3.26. The molecule has 0 aromatic carbocycles. The summed E-state index contributed by atoms with van der Waals surface area (Å²) in [5, 5.41) is 9.81. The number of piperidine rings is 1. The molecule has 19 heavy (non-hydrogen) atoms. The molecule has 1 aliphatic carbocycles. The van der Waals surface area contributed by atoms with Crippen LogP contribution in [0.5, 0.6) is 0 Å². The zero-order valence-electron chi connectivity index (χ0n) is 12.7. The van der Waals surface area contributed by atoms with Gasteiger partial charge in [-0.2, -0.15) is 0 Å². The van der Waals surface area contributed by atoms with Crippen molar-refractivity contribution in [3.63, 3.8) is 0 Å². The first-order valence-electron chi connectivity index (χ1n) is 8.80. The first-order valence-corrected chi connectivity index (χ1v) is 8.80. The fourth-order valence-corrected chi connectivity index (χ4v) is 5.82. The van der Waals surface area contributed by atoms with Gasteiger partial charge in [0.2, 0.25) is 0 Å². The van der Waals surface area contributed by atoms with Crippen molar-refractivity contribution in [2.24, 2.45) is 5.92 Å². The summed E-state index contributed by atoms with van der Waals surface area (Å²) in [5.41, 5.74) is 0.586. The Kier molecular flexibility index (Phi) is 4.19. The molecule has 2 aliphatic heterocycles. The topological polar surface area (TPSA) is 24.7 Å². The van der Waals surface area contributed by atoms with Crippen LogP contribution in [0.4, 0.5) is 0 Å². The molecule has 1 unspecified atom stereocenters. The van der Waals surface area contributed by atoms with E-state index < -0.39 is 0 Å². The van der Waals surface area contributed by atoms with Gasteiger partial charge in [0.25, 0.3) is 0 Å². The number of hydrogen-bond acceptors (Lipinski definition) is 1. The van der Waals surface area contributed by atoms with Gasteiger partial charge < -0.3 is 10.0 Å². The summed E-state index contributed by atoms with van der Waals surface area (Å²) in [6.45, 7) is 2.73. The van der Waals surface area contributed by atoms with Crippen LogP contribution >= 0.6 is 0 Å². The van der Waals surface area contributed by atoms with Crippen molar-refractivity contribution in [1.82, 2.24) is 0 Å². The molecule has 3 fully saturated rings. The van der Waals surface area contributed by atoms with E-state index in [1.54, 1.807) is 0 Å². The molecular weight excluding hydrogens is 234 g/mol. The molecule has 2 N–H and O–H groups in total. The SMILES string of the molecule is CCCC[C@@H]1CC[C@@H]2CCCC[C@]23CC[C@@H](CO)[NH+]13. The average Bonchev–Trinajstić information content (AvgIpc) is 2.83. The summed E-state index contributed by atoms with van der Waals surface area (Å²) in [5.74, 6) is 0.977. The van der Waals surface area contributed by atoms with Crippen LogP contribution in [0, 0.1) is 5.92 Å². The van der Waals surface area contributed by atoms with Crippen molar-refractivity contribution in [2.45, 2.75) is 95.2 Å². The van der Waals surface area contributed by atoms with Crippen molar-refractivity contribution in [3.05, 3.63) is 0 Å². The Bertz CT molecular complexity index is 306. The molecule has 0 aromatic rings. The largest absolute Gasteiger partial charge is 0.390 e. The number of quaternary nitrogens is 1. The Balaban J connectivity index is 1.83. The minimum Gasteiger partial charge on any atom is -0.390 e. The molecule has 0 amide bonds. The summed E-state index contributed by atoms with van der Waals surface area (Å²) >= 11 is 0. The number of hydrogen-bond donors (Lipinski definition) is 2. The second-order valence-corrected chi connectivity index (χ2v) is 7.39. The lowest BCUT2D eigenvalue weighted by atomic mass is 9.66. The summed E-state index contributed by atoms with van der Waals surface area (Å²) in [7, 11) is 0. The van der Waals surface area contributed by atoms with Gasteiger partial charge in [-0.1, -0.05) is 19.8 Å². The van der Waals surface area contributed by atoms with Crippen molar-refractivity contribution in [1.29, 1.82) is 0 Å². The molecule has 110 valence electrons. The van der Waals surface area contributed by atoms with E-state index >= 15 is 0 Å². The normalized spacial score (nSPS) is 45.8. The quantitative estimate of drug-likeness (QED) is 0.802. The van der Waals surface area contributed by atoms with Crippen LogP contribution in [0.25, 0.3) is 0 Å². The van der Waals surface area contributed by atoms with Crippen LogP contribution in [0.2, 0.25) is 0 Å². The molecule has 0 bridgehead atoms. The molecule has 5 atom stereocenters. The van der Waals surface area contributed by atoms with E-state index in [-0.39, 0.29) is 0 Å². The van der Waals surface area contributed by atoms with Gasteiger partial charge in [0, 0.05) is 25.2 Å².